The summed E-state index contributed by atoms with van der Waals surface area (Å²) in [5, 5.41) is 4.36. The second kappa shape index (κ2) is 5.32. The molecule has 0 aliphatic heterocycles. The number of benzene rings is 1. The second-order valence-corrected chi connectivity index (χ2v) is 4.64. The van der Waals surface area contributed by atoms with Crippen molar-refractivity contribution in [2.24, 2.45) is 0 Å². The van der Waals surface area contributed by atoms with E-state index in [4.69, 9.17) is 0 Å². The normalized spacial score (nSPS) is 10.8. The molecule has 3 rings (SSSR count). The van der Waals surface area contributed by atoms with Gasteiger partial charge in [-0.2, -0.15) is 9.50 Å². The van der Waals surface area contributed by atoms with Crippen molar-refractivity contribution in [1.29, 1.82) is 0 Å². The summed E-state index contributed by atoms with van der Waals surface area (Å²) < 4.78 is 6.29. The molecule has 2 aromatic heterocycles. The number of nitrogens with zero attached hydrogens (tertiary/aromatic N) is 4. The number of ether oxygens (including phenoxy) is 1. The summed E-state index contributed by atoms with van der Waals surface area (Å²) in [6, 6.07) is 9.90. The van der Waals surface area contributed by atoms with Crippen LogP contribution in [-0.2, 0) is 16.0 Å². The van der Waals surface area contributed by atoms with Crippen LogP contribution in [0.25, 0.3) is 17.0 Å². The minimum atomic E-state index is -0.372. The highest BCUT2D eigenvalue weighted by molar-refractivity contribution is 5.71. The fraction of sp³-hybridized carbons (Fsp3) is 0.200. The predicted octanol–water partition coefficient (Wildman–Crippen LogP) is 1.82. The van der Waals surface area contributed by atoms with Gasteiger partial charge in [0.25, 0.3) is 5.78 Å². The molecule has 6 heteroatoms. The first-order chi connectivity index (χ1) is 10.2. The predicted molar refractivity (Wildman–Crippen MR) is 76.7 cm³/mol. The Morgan fingerprint density at radius 1 is 1.29 bits per heavy atom. The number of aryl methyl sites for hydroxylation is 1. The van der Waals surface area contributed by atoms with Crippen molar-refractivity contribution in [1.82, 2.24) is 19.6 Å². The Balaban J connectivity index is 2.12. The molecule has 0 aliphatic carbocycles. The third kappa shape index (κ3) is 2.47. The molecular formula is C15H14N4O2. The molecule has 21 heavy (non-hydrogen) atoms. The van der Waals surface area contributed by atoms with Crippen LogP contribution < -0.4 is 0 Å². The molecule has 0 atom stereocenters. The first-order valence-electron chi connectivity index (χ1n) is 6.52. The van der Waals surface area contributed by atoms with Crippen molar-refractivity contribution < 1.29 is 9.53 Å². The van der Waals surface area contributed by atoms with Crippen LogP contribution in [0, 0.1) is 6.92 Å². The molecule has 0 aliphatic rings. The molecule has 6 nitrogen and oxygen atoms in total. The topological polar surface area (TPSA) is 69.4 Å². The smallest absolute Gasteiger partial charge is 0.313 e. The number of rotatable bonds is 3. The van der Waals surface area contributed by atoms with Gasteiger partial charge in [-0.25, -0.2) is 4.98 Å². The second-order valence-electron chi connectivity index (χ2n) is 4.64. The maximum Gasteiger partial charge on any atom is 0.313 e. The zero-order valence-electron chi connectivity index (χ0n) is 11.8. The molecule has 0 radical (unpaired) electrons. The summed E-state index contributed by atoms with van der Waals surface area (Å²) in [6.07, 6.45) is 1.72. The fourth-order valence-electron chi connectivity index (χ4n) is 2.18. The van der Waals surface area contributed by atoms with Gasteiger partial charge in [0.1, 0.15) is 6.42 Å². The third-order valence-electron chi connectivity index (χ3n) is 3.24. The lowest BCUT2D eigenvalue weighted by atomic mass is 10.1. The lowest BCUT2D eigenvalue weighted by Gasteiger charge is -2.06. The van der Waals surface area contributed by atoms with Gasteiger partial charge in [0, 0.05) is 11.8 Å². The summed E-state index contributed by atoms with van der Waals surface area (Å²) in [5.74, 6) is 0.494. The lowest BCUT2D eigenvalue weighted by Crippen LogP contribution is -2.06. The molecule has 0 bridgehead atoms. The molecular weight excluding hydrogens is 268 g/mol. The summed E-state index contributed by atoms with van der Waals surface area (Å²) in [4.78, 5) is 19.8. The van der Waals surface area contributed by atoms with Crippen molar-refractivity contribution in [3.63, 3.8) is 0 Å². The van der Waals surface area contributed by atoms with Crippen LogP contribution in [-0.4, -0.2) is 32.7 Å². The Morgan fingerprint density at radius 2 is 2.10 bits per heavy atom. The standard InChI is InChI=1S/C15H14N4O2/c1-10-5-3-4-6-11(10)12-7-8-16-15-17-13(18-19(12)15)9-14(20)21-2/h3-8H,9H2,1-2H3. The highest BCUT2D eigenvalue weighted by atomic mass is 16.5. The Bertz CT molecular complexity index is 810. The molecule has 2 heterocycles. The van der Waals surface area contributed by atoms with Gasteiger partial charge >= 0.3 is 5.97 Å². The number of hydrogen-bond donors (Lipinski definition) is 0. The highest BCUT2D eigenvalue weighted by Crippen LogP contribution is 2.22. The summed E-state index contributed by atoms with van der Waals surface area (Å²) in [6.45, 7) is 2.04. The zero-order chi connectivity index (χ0) is 14.8. The van der Waals surface area contributed by atoms with E-state index in [-0.39, 0.29) is 12.4 Å². The SMILES string of the molecule is COC(=O)Cc1nc2nccc(-c3ccccc3C)n2n1. The van der Waals surface area contributed by atoms with E-state index >= 15 is 0 Å². The van der Waals surface area contributed by atoms with Crippen molar-refractivity contribution >= 4 is 11.7 Å². The number of carbonyl (C=O) groups is 1. The average Bonchev–Trinajstić information content (AvgIpc) is 2.90. The molecule has 0 saturated heterocycles. The molecule has 0 spiro atoms. The quantitative estimate of drug-likeness (QED) is 0.685. The number of esters is 1. The van der Waals surface area contributed by atoms with Gasteiger partial charge in [0.05, 0.1) is 12.8 Å². The van der Waals surface area contributed by atoms with Gasteiger partial charge in [0.15, 0.2) is 5.82 Å². The van der Waals surface area contributed by atoms with E-state index in [0.717, 1.165) is 16.8 Å². The molecule has 106 valence electrons. The largest absolute Gasteiger partial charge is 0.469 e. The van der Waals surface area contributed by atoms with Crippen molar-refractivity contribution in [3.8, 4) is 11.3 Å². The maximum atomic E-state index is 11.3. The maximum absolute atomic E-state index is 11.3. The number of carbonyl (C=O) groups excluding carboxylic acids is 1. The minimum absolute atomic E-state index is 0.0348. The number of hydrogen-bond acceptors (Lipinski definition) is 5. The van der Waals surface area contributed by atoms with Crippen LogP contribution >= 0.6 is 0 Å². The van der Waals surface area contributed by atoms with Gasteiger partial charge in [-0.15, -0.1) is 5.10 Å². The first kappa shape index (κ1) is 13.2. The van der Waals surface area contributed by atoms with Crippen LogP contribution in [0.2, 0.25) is 0 Å². The van der Waals surface area contributed by atoms with Crippen LogP contribution in [0.4, 0.5) is 0 Å². The van der Waals surface area contributed by atoms with E-state index in [2.05, 4.69) is 19.8 Å². The Labute approximate surface area is 121 Å². The van der Waals surface area contributed by atoms with E-state index in [1.165, 1.54) is 7.11 Å². The summed E-state index contributed by atoms with van der Waals surface area (Å²) >= 11 is 0. The Hall–Kier alpha value is -2.76. The van der Waals surface area contributed by atoms with Gasteiger partial charge in [-0.3, -0.25) is 4.79 Å². The van der Waals surface area contributed by atoms with Gasteiger partial charge in [-0.05, 0) is 18.6 Å². The van der Waals surface area contributed by atoms with E-state index in [0.29, 0.717) is 11.6 Å². The van der Waals surface area contributed by atoms with Gasteiger partial charge in [-0.1, -0.05) is 24.3 Å². The molecule has 3 aromatic rings. The van der Waals surface area contributed by atoms with Crippen LogP contribution in [0.15, 0.2) is 36.5 Å². The average molecular weight is 282 g/mol. The monoisotopic (exact) mass is 282 g/mol. The fourth-order valence-corrected chi connectivity index (χ4v) is 2.18. The van der Waals surface area contributed by atoms with E-state index in [1.807, 2.05) is 37.3 Å². The number of aromatic nitrogens is 4. The summed E-state index contributed by atoms with van der Waals surface area (Å²) in [5.41, 5.74) is 3.08. The third-order valence-corrected chi connectivity index (χ3v) is 3.24. The molecule has 0 saturated carbocycles. The number of methoxy groups -OCH3 is 1. The van der Waals surface area contributed by atoms with Crippen LogP contribution in [0.5, 0.6) is 0 Å². The van der Waals surface area contributed by atoms with Crippen LogP contribution in [0.3, 0.4) is 0 Å². The highest BCUT2D eigenvalue weighted by Gasteiger charge is 2.13. The molecule has 0 fully saturated rings. The molecule has 0 N–H and O–H groups in total. The summed E-state index contributed by atoms with van der Waals surface area (Å²) in [7, 11) is 1.34. The van der Waals surface area contributed by atoms with Gasteiger partial charge < -0.3 is 4.74 Å². The Kier molecular flexibility index (Phi) is 3.35. The molecule has 0 unspecified atom stereocenters. The molecule has 0 amide bonds. The van der Waals surface area contributed by atoms with Crippen molar-refractivity contribution in [2.75, 3.05) is 7.11 Å². The minimum Gasteiger partial charge on any atom is -0.469 e. The van der Waals surface area contributed by atoms with E-state index < -0.39 is 0 Å². The van der Waals surface area contributed by atoms with Crippen LogP contribution in [0.1, 0.15) is 11.4 Å². The molecule has 1 aromatic carbocycles. The van der Waals surface area contributed by atoms with Crippen molar-refractivity contribution in [2.45, 2.75) is 13.3 Å². The van der Waals surface area contributed by atoms with E-state index in [1.54, 1.807) is 10.7 Å². The number of fused-ring (bicyclic) bond motifs is 1. The van der Waals surface area contributed by atoms with Gasteiger partial charge in [0.2, 0.25) is 0 Å². The lowest BCUT2D eigenvalue weighted by molar-refractivity contribution is -0.139. The first-order valence-corrected chi connectivity index (χ1v) is 6.52. The van der Waals surface area contributed by atoms with E-state index in [9.17, 15) is 4.79 Å². The van der Waals surface area contributed by atoms with Crippen molar-refractivity contribution in [3.05, 3.63) is 47.9 Å². The zero-order valence-corrected chi connectivity index (χ0v) is 11.8. The Morgan fingerprint density at radius 3 is 2.86 bits per heavy atom.